The number of methoxy groups -OCH3 is 1. The van der Waals surface area contributed by atoms with Crippen molar-refractivity contribution in [3.05, 3.63) is 0 Å². The highest BCUT2D eigenvalue weighted by Gasteiger charge is 2.15. The molecule has 0 radical (unpaired) electrons. The minimum Gasteiger partial charge on any atom is -0.382 e. The maximum atomic E-state index is 11.5. The molecule has 1 rings (SSSR count). The summed E-state index contributed by atoms with van der Waals surface area (Å²) in [6.07, 6.45) is 3.72. The van der Waals surface area contributed by atoms with Gasteiger partial charge in [-0.05, 0) is 38.3 Å². The molecular formula is C13H26N2O3. The molecule has 106 valence electrons. The SMILES string of the molecule is COCCOCCCNC(=O)CCC1CCNC1. The lowest BCUT2D eigenvalue weighted by molar-refractivity contribution is -0.121. The van der Waals surface area contributed by atoms with E-state index in [0.29, 0.717) is 38.7 Å². The molecule has 1 fully saturated rings. The van der Waals surface area contributed by atoms with Crippen molar-refractivity contribution in [3.63, 3.8) is 0 Å². The quantitative estimate of drug-likeness (QED) is 0.562. The standard InChI is InChI=1S/C13H26N2O3/c1-17-9-10-18-8-2-6-15-13(16)4-3-12-5-7-14-11-12/h12,14H,2-11H2,1H3,(H,15,16). The predicted octanol–water partition coefficient (Wildman–Crippen LogP) is 0.545. The van der Waals surface area contributed by atoms with Crippen molar-refractivity contribution >= 4 is 5.91 Å². The van der Waals surface area contributed by atoms with Crippen LogP contribution < -0.4 is 10.6 Å². The second kappa shape index (κ2) is 10.3. The minimum atomic E-state index is 0.166. The molecule has 5 heteroatoms. The molecule has 0 aromatic carbocycles. The second-order valence-electron chi connectivity index (χ2n) is 4.71. The van der Waals surface area contributed by atoms with Gasteiger partial charge < -0.3 is 20.1 Å². The van der Waals surface area contributed by atoms with E-state index in [1.54, 1.807) is 7.11 Å². The first kappa shape index (κ1) is 15.4. The van der Waals surface area contributed by atoms with Gasteiger partial charge in [0.1, 0.15) is 0 Å². The Morgan fingerprint density at radius 1 is 1.39 bits per heavy atom. The van der Waals surface area contributed by atoms with Crippen molar-refractivity contribution in [3.8, 4) is 0 Å². The predicted molar refractivity (Wildman–Crippen MR) is 70.5 cm³/mol. The Bertz CT molecular complexity index is 218. The molecule has 1 aliphatic rings. The maximum Gasteiger partial charge on any atom is 0.220 e. The normalized spacial score (nSPS) is 19.1. The van der Waals surface area contributed by atoms with Crippen LogP contribution in [0.2, 0.25) is 0 Å². The van der Waals surface area contributed by atoms with E-state index in [2.05, 4.69) is 10.6 Å². The summed E-state index contributed by atoms with van der Waals surface area (Å²) < 4.78 is 10.2. The molecule has 0 bridgehead atoms. The highest BCUT2D eigenvalue weighted by Crippen LogP contribution is 2.13. The molecule has 1 aliphatic heterocycles. The van der Waals surface area contributed by atoms with E-state index in [1.807, 2.05) is 0 Å². The van der Waals surface area contributed by atoms with Gasteiger partial charge in [0.25, 0.3) is 0 Å². The van der Waals surface area contributed by atoms with E-state index < -0.39 is 0 Å². The van der Waals surface area contributed by atoms with Crippen molar-refractivity contribution in [2.75, 3.05) is 46.6 Å². The van der Waals surface area contributed by atoms with Gasteiger partial charge in [-0.3, -0.25) is 4.79 Å². The van der Waals surface area contributed by atoms with E-state index in [-0.39, 0.29) is 5.91 Å². The summed E-state index contributed by atoms with van der Waals surface area (Å²) in [6.45, 7) is 4.80. The van der Waals surface area contributed by atoms with Crippen LogP contribution in [-0.2, 0) is 14.3 Å². The molecule has 2 N–H and O–H groups in total. The molecular weight excluding hydrogens is 232 g/mol. The van der Waals surface area contributed by atoms with Crippen molar-refractivity contribution in [2.45, 2.75) is 25.7 Å². The van der Waals surface area contributed by atoms with Crippen LogP contribution in [0, 0.1) is 5.92 Å². The summed E-state index contributed by atoms with van der Waals surface area (Å²) >= 11 is 0. The summed E-state index contributed by atoms with van der Waals surface area (Å²) in [6, 6.07) is 0. The van der Waals surface area contributed by atoms with Crippen LogP contribution in [-0.4, -0.2) is 52.5 Å². The van der Waals surface area contributed by atoms with Crippen LogP contribution in [0.15, 0.2) is 0 Å². The van der Waals surface area contributed by atoms with Crippen molar-refractivity contribution in [1.29, 1.82) is 0 Å². The Hall–Kier alpha value is -0.650. The maximum absolute atomic E-state index is 11.5. The number of hydrogen-bond donors (Lipinski definition) is 2. The third kappa shape index (κ3) is 7.63. The van der Waals surface area contributed by atoms with Gasteiger partial charge in [0.05, 0.1) is 13.2 Å². The van der Waals surface area contributed by atoms with Crippen molar-refractivity contribution in [2.24, 2.45) is 5.92 Å². The van der Waals surface area contributed by atoms with Crippen molar-refractivity contribution in [1.82, 2.24) is 10.6 Å². The first-order valence-electron chi connectivity index (χ1n) is 6.87. The summed E-state index contributed by atoms with van der Waals surface area (Å²) in [4.78, 5) is 11.5. The molecule has 5 nitrogen and oxygen atoms in total. The largest absolute Gasteiger partial charge is 0.382 e. The summed E-state index contributed by atoms with van der Waals surface area (Å²) in [7, 11) is 1.66. The third-order valence-corrected chi connectivity index (χ3v) is 3.16. The topological polar surface area (TPSA) is 59.6 Å². The Labute approximate surface area is 110 Å². The van der Waals surface area contributed by atoms with Gasteiger partial charge >= 0.3 is 0 Å². The van der Waals surface area contributed by atoms with Gasteiger partial charge in [-0.1, -0.05) is 0 Å². The Morgan fingerprint density at radius 3 is 3.00 bits per heavy atom. The van der Waals surface area contributed by atoms with Gasteiger partial charge in [-0.25, -0.2) is 0 Å². The molecule has 1 saturated heterocycles. The fraction of sp³-hybridized carbons (Fsp3) is 0.923. The average molecular weight is 258 g/mol. The molecule has 1 atom stereocenters. The van der Waals surface area contributed by atoms with Crippen LogP contribution in [0.5, 0.6) is 0 Å². The molecule has 1 heterocycles. The fourth-order valence-electron chi connectivity index (χ4n) is 2.03. The second-order valence-corrected chi connectivity index (χ2v) is 4.71. The van der Waals surface area contributed by atoms with Gasteiger partial charge in [-0.2, -0.15) is 0 Å². The Morgan fingerprint density at radius 2 is 2.28 bits per heavy atom. The molecule has 0 aromatic heterocycles. The monoisotopic (exact) mass is 258 g/mol. The molecule has 0 aromatic rings. The van der Waals surface area contributed by atoms with Crippen molar-refractivity contribution < 1.29 is 14.3 Å². The third-order valence-electron chi connectivity index (χ3n) is 3.16. The zero-order chi connectivity index (χ0) is 13.1. The highest BCUT2D eigenvalue weighted by atomic mass is 16.5. The number of rotatable bonds is 10. The first-order chi connectivity index (χ1) is 8.83. The lowest BCUT2D eigenvalue weighted by Gasteiger charge is -2.08. The Balaban J connectivity index is 1.84. The molecule has 1 unspecified atom stereocenters. The van der Waals surface area contributed by atoms with Gasteiger partial charge in [0.2, 0.25) is 5.91 Å². The average Bonchev–Trinajstić information content (AvgIpc) is 2.88. The van der Waals surface area contributed by atoms with Crippen LogP contribution in [0.25, 0.3) is 0 Å². The number of carbonyl (C=O) groups excluding carboxylic acids is 1. The Kier molecular flexibility index (Phi) is 8.81. The van der Waals surface area contributed by atoms with Crippen LogP contribution in [0.1, 0.15) is 25.7 Å². The van der Waals surface area contributed by atoms with Gasteiger partial charge in [0.15, 0.2) is 0 Å². The van der Waals surface area contributed by atoms with Gasteiger partial charge in [-0.15, -0.1) is 0 Å². The molecule has 1 amide bonds. The van der Waals surface area contributed by atoms with Crippen LogP contribution in [0.3, 0.4) is 0 Å². The molecule has 18 heavy (non-hydrogen) atoms. The number of hydrogen-bond acceptors (Lipinski definition) is 4. The van der Waals surface area contributed by atoms with Crippen LogP contribution in [0.4, 0.5) is 0 Å². The lowest BCUT2D eigenvalue weighted by atomic mass is 10.0. The highest BCUT2D eigenvalue weighted by molar-refractivity contribution is 5.75. The number of carbonyl (C=O) groups is 1. The number of nitrogens with one attached hydrogen (secondary N) is 2. The minimum absolute atomic E-state index is 0.166. The number of amides is 1. The zero-order valence-corrected chi connectivity index (χ0v) is 11.4. The molecule has 0 aliphatic carbocycles. The fourth-order valence-corrected chi connectivity index (χ4v) is 2.03. The molecule has 0 saturated carbocycles. The van der Waals surface area contributed by atoms with E-state index in [9.17, 15) is 4.79 Å². The smallest absolute Gasteiger partial charge is 0.220 e. The van der Waals surface area contributed by atoms with Crippen LogP contribution >= 0.6 is 0 Å². The van der Waals surface area contributed by atoms with Gasteiger partial charge in [0, 0.05) is 26.7 Å². The van der Waals surface area contributed by atoms with E-state index in [0.717, 1.165) is 25.9 Å². The lowest BCUT2D eigenvalue weighted by Crippen LogP contribution is -2.26. The summed E-state index contributed by atoms with van der Waals surface area (Å²) in [5.74, 6) is 0.854. The van der Waals surface area contributed by atoms with E-state index in [4.69, 9.17) is 9.47 Å². The number of ether oxygens (including phenoxy) is 2. The summed E-state index contributed by atoms with van der Waals surface area (Å²) in [5.41, 5.74) is 0. The summed E-state index contributed by atoms with van der Waals surface area (Å²) in [5, 5.41) is 6.24. The molecule has 0 spiro atoms. The first-order valence-corrected chi connectivity index (χ1v) is 6.87. The van der Waals surface area contributed by atoms with E-state index >= 15 is 0 Å². The zero-order valence-electron chi connectivity index (χ0n) is 11.4. The van der Waals surface area contributed by atoms with E-state index in [1.165, 1.54) is 6.42 Å².